The molecule has 4 rings (SSSR count). The first-order valence-electron chi connectivity index (χ1n) is 13.2. The lowest BCUT2D eigenvalue weighted by molar-refractivity contribution is -0.298. The van der Waals surface area contributed by atoms with Gasteiger partial charge in [0.25, 0.3) is 0 Å². The Hall–Kier alpha value is -2.96. The Balaban J connectivity index is 2.08. The monoisotopic (exact) mass is 598 g/mol. The van der Waals surface area contributed by atoms with E-state index in [0.717, 1.165) is 20.8 Å². The molecule has 1 N–H and O–H groups in total. The second kappa shape index (κ2) is 10.7. The first-order valence-corrected chi connectivity index (χ1v) is 13.7. The maximum absolute atomic E-state index is 13.1. The van der Waals surface area contributed by atoms with Gasteiger partial charge in [-0.3, -0.25) is 24.0 Å². The molecule has 0 aromatic carbocycles. The number of carbonyl (C=O) groups is 5. The average Bonchev–Trinajstić information content (AvgIpc) is 3.11. The van der Waals surface area contributed by atoms with E-state index in [1.807, 2.05) is 0 Å². The minimum atomic E-state index is -1.77. The van der Waals surface area contributed by atoms with E-state index >= 15 is 0 Å². The molecule has 1 saturated carbocycles. The number of hydrogen-bond acceptors (Lipinski definition) is 12. The molecule has 12 nitrogen and oxygen atoms in total. The van der Waals surface area contributed by atoms with E-state index in [0.29, 0.717) is 5.57 Å². The molecule has 41 heavy (non-hydrogen) atoms. The topological polar surface area (TPSA) is 161 Å². The van der Waals surface area contributed by atoms with Gasteiger partial charge in [0, 0.05) is 45.4 Å². The van der Waals surface area contributed by atoms with Gasteiger partial charge in [0.2, 0.25) is 0 Å². The van der Waals surface area contributed by atoms with E-state index in [1.165, 1.54) is 20.8 Å². The van der Waals surface area contributed by atoms with Crippen LogP contribution in [0.25, 0.3) is 0 Å². The Morgan fingerprint density at radius 1 is 0.951 bits per heavy atom. The van der Waals surface area contributed by atoms with Crippen molar-refractivity contribution < 1.29 is 57.5 Å². The zero-order valence-corrected chi connectivity index (χ0v) is 24.5. The number of rotatable bonds is 4. The van der Waals surface area contributed by atoms with E-state index in [1.54, 1.807) is 0 Å². The van der Waals surface area contributed by atoms with Gasteiger partial charge in [-0.1, -0.05) is 25.7 Å². The molecule has 3 aliphatic heterocycles. The summed E-state index contributed by atoms with van der Waals surface area (Å²) in [6.07, 6.45) is -9.67. The molecular formula is C28H35ClO12. The average molecular weight is 599 g/mol. The fourth-order valence-electron chi connectivity index (χ4n) is 7.15. The molecule has 13 heteroatoms. The van der Waals surface area contributed by atoms with Crippen LogP contribution >= 0.6 is 11.6 Å². The summed E-state index contributed by atoms with van der Waals surface area (Å²) in [6.45, 7) is 15.9. The van der Waals surface area contributed by atoms with Gasteiger partial charge in [-0.25, -0.2) is 0 Å². The van der Waals surface area contributed by atoms with Crippen LogP contribution < -0.4 is 0 Å². The van der Waals surface area contributed by atoms with Crippen molar-refractivity contribution >= 4 is 41.4 Å². The van der Waals surface area contributed by atoms with Crippen LogP contribution in [0.3, 0.4) is 0 Å². The zero-order valence-electron chi connectivity index (χ0n) is 23.7. The van der Waals surface area contributed by atoms with Gasteiger partial charge in [-0.05, 0) is 12.5 Å². The molecule has 226 valence electrons. The van der Waals surface area contributed by atoms with Crippen molar-refractivity contribution in [2.75, 3.05) is 0 Å². The highest BCUT2D eigenvalue weighted by atomic mass is 35.5. The van der Waals surface area contributed by atoms with E-state index in [-0.39, 0.29) is 12.0 Å². The summed E-state index contributed by atoms with van der Waals surface area (Å²) in [7, 11) is 0. The van der Waals surface area contributed by atoms with Gasteiger partial charge >= 0.3 is 29.8 Å². The molecule has 4 aliphatic rings. The molecule has 0 aromatic rings. The third-order valence-electron chi connectivity index (χ3n) is 8.76. The number of carbonyl (C=O) groups excluding carboxylic acids is 5. The molecular weight excluding hydrogens is 564 g/mol. The predicted molar refractivity (Wildman–Crippen MR) is 139 cm³/mol. The number of ether oxygens (including phenoxy) is 6. The van der Waals surface area contributed by atoms with Crippen LogP contribution in [-0.4, -0.2) is 88.7 Å². The quantitative estimate of drug-likeness (QED) is 0.215. The van der Waals surface area contributed by atoms with Crippen LogP contribution in [0.5, 0.6) is 0 Å². The highest BCUT2D eigenvalue weighted by Gasteiger charge is 2.76. The van der Waals surface area contributed by atoms with Crippen LogP contribution in [0.4, 0.5) is 0 Å². The third-order valence-corrected chi connectivity index (χ3v) is 9.27. The Morgan fingerprint density at radius 3 is 2.02 bits per heavy atom. The smallest absolute Gasteiger partial charge is 0.312 e. The van der Waals surface area contributed by atoms with E-state index in [9.17, 15) is 29.1 Å². The molecule has 2 bridgehead atoms. The molecule has 12 unspecified atom stereocenters. The summed E-state index contributed by atoms with van der Waals surface area (Å²) in [4.78, 5) is 62.7. The number of halogens is 1. The Bertz CT molecular complexity index is 1200. The summed E-state index contributed by atoms with van der Waals surface area (Å²) in [5.74, 6) is -5.86. The standard InChI is InChI=1S/C28H35ClO12/c1-10-9-17(36-13(4)30)23(38-15(6)32)27(8)18(10)24(39-16(7)33)28-12(3)26(35)40-25(28)19(29)11(2)20(41-28)21(22(27)34)37-14(5)31/h12,17-25,34H,1-2,9H2,3-8H3. The number of fused-ring (bicyclic) bond motifs is 2. The van der Waals surface area contributed by atoms with Gasteiger partial charge in [0.15, 0.2) is 17.8 Å². The first kappa shape index (κ1) is 31.0. The van der Waals surface area contributed by atoms with Crippen molar-refractivity contribution in [1.82, 2.24) is 0 Å². The van der Waals surface area contributed by atoms with Crippen molar-refractivity contribution in [3.63, 3.8) is 0 Å². The number of esters is 5. The number of aliphatic hydroxyl groups excluding tert-OH is 1. The van der Waals surface area contributed by atoms with Crippen molar-refractivity contribution in [3.05, 3.63) is 24.3 Å². The molecule has 3 saturated heterocycles. The molecule has 0 radical (unpaired) electrons. The lowest BCUT2D eigenvalue weighted by atomic mass is 9.52. The van der Waals surface area contributed by atoms with Gasteiger partial charge in [0.05, 0.1) is 11.3 Å². The molecule has 1 aliphatic carbocycles. The van der Waals surface area contributed by atoms with Crippen LogP contribution in [0.2, 0.25) is 0 Å². The fraction of sp³-hybridized carbons (Fsp3) is 0.679. The van der Waals surface area contributed by atoms with Crippen molar-refractivity contribution in [1.29, 1.82) is 0 Å². The second-order valence-electron chi connectivity index (χ2n) is 11.4. The van der Waals surface area contributed by atoms with E-state index in [2.05, 4.69) is 13.2 Å². The summed E-state index contributed by atoms with van der Waals surface area (Å²) < 4.78 is 35.1. The molecule has 1 spiro atoms. The minimum Gasteiger partial charge on any atom is -0.459 e. The largest absolute Gasteiger partial charge is 0.459 e. The Morgan fingerprint density at radius 2 is 1.49 bits per heavy atom. The van der Waals surface area contributed by atoms with Crippen LogP contribution in [0, 0.1) is 17.3 Å². The highest BCUT2D eigenvalue weighted by molar-refractivity contribution is 6.23. The lowest BCUT2D eigenvalue weighted by Crippen LogP contribution is -2.76. The summed E-state index contributed by atoms with van der Waals surface area (Å²) in [6, 6.07) is 0. The number of alkyl halides is 1. The molecule has 4 fully saturated rings. The fourth-order valence-corrected chi connectivity index (χ4v) is 7.52. The SMILES string of the molecule is C=C1C(Cl)C2OC(=O)C(C)C23OC1C(OC(C)=O)C(O)C1(C)C(OC(C)=O)C(OC(C)=O)CC(=C)C1C3OC(C)=O. The highest BCUT2D eigenvalue weighted by Crippen LogP contribution is 2.61. The van der Waals surface area contributed by atoms with E-state index in [4.69, 9.17) is 40.0 Å². The Kier molecular flexibility index (Phi) is 8.09. The van der Waals surface area contributed by atoms with Crippen LogP contribution in [-0.2, 0) is 52.4 Å². The van der Waals surface area contributed by atoms with Gasteiger partial charge in [-0.15, -0.1) is 11.6 Å². The predicted octanol–water partition coefficient (Wildman–Crippen LogP) is 1.53. The maximum atomic E-state index is 13.1. The summed E-state index contributed by atoms with van der Waals surface area (Å²) >= 11 is 6.83. The molecule has 0 aromatic heterocycles. The molecule has 12 atom stereocenters. The van der Waals surface area contributed by atoms with E-state index < -0.39 is 101 Å². The second-order valence-corrected chi connectivity index (χ2v) is 11.9. The van der Waals surface area contributed by atoms with Crippen molar-refractivity contribution in [2.24, 2.45) is 17.3 Å². The maximum Gasteiger partial charge on any atom is 0.312 e. The molecule has 0 amide bonds. The first-order chi connectivity index (χ1) is 19.0. The lowest BCUT2D eigenvalue weighted by Gasteiger charge is -2.62. The summed E-state index contributed by atoms with van der Waals surface area (Å²) in [5.41, 5.74) is -3.03. The van der Waals surface area contributed by atoms with Crippen LogP contribution in [0.15, 0.2) is 24.3 Å². The van der Waals surface area contributed by atoms with Crippen molar-refractivity contribution in [2.45, 2.75) is 102 Å². The van der Waals surface area contributed by atoms with Gasteiger partial charge in [-0.2, -0.15) is 0 Å². The van der Waals surface area contributed by atoms with Gasteiger partial charge < -0.3 is 33.5 Å². The number of hydrogen-bond donors (Lipinski definition) is 1. The molecule has 3 heterocycles. The van der Waals surface area contributed by atoms with Crippen molar-refractivity contribution in [3.8, 4) is 0 Å². The summed E-state index contributed by atoms with van der Waals surface area (Å²) in [5, 5.41) is 11.1. The third kappa shape index (κ3) is 4.73. The minimum absolute atomic E-state index is 0.0646. The van der Waals surface area contributed by atoms with Gasteiger partial charge in [0.1, 0.15) is 30.5 Å². The zero-order chi connectivity index (χ0) is 30.8. The van der Waals surface area contributed by atoms with Crippen LogP contribution in [0.1, 0.15) is 48.0 Å². The number of aliphatic hydroxyl groups is 1. The normalized spacial score (nSPS) is 43.4. The Labute approximate surface area is 242 Å².